The van der Waals surface area contributed by atoms with Crippen molar-refractivity contribution in [2.24, 2.45) is 0 Å². The minimum absolute atomic E-state index is 0.432. The van der Waals surface area contributed by atoms with Crippen LogP contribution in [0.4, 0.5) is 0 Å². The molecule has 0 atom stereocenters. The number of hydrogen-bond acceptors (Lipinski definition) is 4. The Morgan fingerprint density at radius 3 is 2.73 bits per heavy atom. The van der Waals surface area contributed by atoms with Crippen LogP contribution in [0.3, 0.4) is 0 Å². The third-order valence-corrected chi connectivity index (χ3v) is 2.57. The highest BCUT2D eigenvalue weighted by atomic mass is 15.5. The fourth-order valence-corrected chi connectivity index (χ4v) is 1.62. The number of nitrogens with zero attached hydrogens (tertiary/aromatic N) is 5. The van der Waals surface area contributed by atoms with Crippen molar-refractivity contribution >= 4 is 0 Å². The molecule has 5 heteroatoms. The van der Waals surface area contributed by atoms with Gasteiger partial charge in [-0.25, -0.2) is 4.68 Å². The van der Waals surface area contributed by atoms with Crippen LogP contribution in [0.5, 0.6) is 0 Å². The van der Waals surface area contributed by atoms with Crippen molar-refractivity contribution in [1.29, 1.82) is 5.26 Å². The minimum Gasteiger partial charge on any atom is -0.229 e. The van der Waals surface area contributed by atoms with Crippen LogP contribution in [-0.4, -0.2) is 20.2 Å². The summed E-state index contributed by atoms with van der Waals surface area (Å²) >= 11 is 0. The van der Waals surface area contributed by atoms with Crippen molar-refractivity contribution in [3.05, 3.63) is 5.82 Å². The van der Waals surface area contributed by atoms with Gasteiger partial charge in [0.15, 0.2) is 5.82 Å². The zero-order chi connectivity index (χ0) is 11.1. The zero-order valence-electron chi connectivity index (χ0n) is 9.35. The predicted octanol–water partition coefficient (Wildman–Crippen LogP) is 1.88. The largest absolute Gasteiger partial charge is 0.229 e. The summed E-state index contributed by atoms with van der Waals surface area (Å²) in [5.41, 5.74) is 0. The second-order valence-electron chi connectivity index (χ2n) is 3.54. The Bertz CT molecular complexity index is 321. The Labute approximate surface area is 90.1 Å². The number of aromatic nitrogens is 4. The third kappa shape index (κ3) is 3.01. The van der Waals surface area contributed by atoms with E-state index in [9.17, 15) is 0 Å². The van der Waals surface area contributed by atoms with Crippen LogP contribution in [-0.2, 0) is 6.54 Å². The maximum absolute atomic E-state index is 8.45. The molecule has 0 aliphatic carbocycles. The van der Waals surface area contributed by atoms with Crippen molar-refractivity contribution in [2.45, 2.75) is 52.0 Å². The van der Waals surface area contributed by atoms with Crippen molar-refractivity contribution in [1.82, 2.24) is 20.2 Å². The summed E-state index contributed by atoms with van der Waals surface area (Å²) < 4.78 is 1.83. The Balaban J connectivity index is 2.64. The van der Waals surface area contributed by atoms with Gasteiger partial charge in [-0.15, -0.1) is 5.10 Å². The van der Waals surface area contributed by atoms with E-state index in [2.05, 4.69) is 35.4 Å². The first kappa shape index (κ1) is 11.6. The van der Waals surface area contributed by atoms with Crippen molar-refractivity contribution in [3.63, 3.8) is 0 Å². The van der Waals surface area contributed by atoms with Gasteiger partial charge in [-0.05, 0) is 29.7 Å². The molecule has 1 heterocycles. The van der Waals surface area contributed by atoms with E-state index in [0.29, 0.717) is 12.3 Å². The number of unbranched alkanes of at least 4 members (excludes halogenated alkanes) is 1. The molecule has 0 bridgehead atoms. The van der Waals surface area contributed by atoms with E-state index in [0.717, 1.165) is 31.6 Å². The van der Waals surface area contributed by atoms with Crippen LogP contribution in [0.25, 0.3) is 0 Å². The number of aryl methyl sites for hydroxylation is 1. The van der Waals surface area contributed by atoms with Gasteiger partial charge in [-0.2, -0.15) is 5.26 Å². The van der Waals surface area contributed by atoms with Crippen LogP contribution in [0.1, 0.15) is 51.3 Å². The molecule has 1 aromatic heterocycles. The summed E-state index contributed by atoms with van der Waals surface area (Å²) in [6.45, 7) is 5.03. The topological polar surface area (TPSA) is 67.4 Å². The summed E-state index contributed by atoms with van der Waals surface area (Å²) in [6.07, 6.45) is 3.47. The first-order chi connectivity index (χ1) is 7.33. The second kappa shape index (κ2) is 6.12. The van der Waals surface area contributed by atoms with E-state index >= 15 is 0 Å². The van der Waals surface area contributed by atoms with Crippen LogP contribution < -0.4 is 0 Å². The number of nitriles is 1. The number of tetrazole rings is 1. The van der Waals surface area contributed by atoms with E-state index in [-0.39, 0.29) is 0 Å². The Morgan fingerprint density at radius 2 is 2.13 bits per heavy atom. The number of rotatable bonds is 6. The molecule has 1 aromatic rings. The molecule has 0 saturated heterocycles. The lowest BCUT2D eigenvalue weighted by molar-refractivity contribution is 0.497. The summed E-state index contributed by atoms with van der Waals surface area (Å²) in [5, 5.41) is 20.2. The van der Waals surface area contributed by atoms with Crippen LogP contribution in [0.15, 0.2) is 0 Å². The molecule has 0 N–H and O–H groups in total. The zero-order valence-corrected chi connectivity index (χ0v) is 9.35. The lowest BCUT2D eigenvalue weighted by Gasteiger charge is -2.11. The van der Waals surface area contributed by atoms with Crippen LogP contribution in [0.2, 0.25) is 0 Å². The molecule has 0 unspecified atom stereocenters. The highest BCUT2D eigenvalue weighted by molar-refractivity contribution is 4.92. The molecular weight excluding hydrogens is 190 g/mol. The van der Waals surface area contributed by atoms with Gasteiger partial charge in [0.25, 0.3) is 0 Å². The van der Waals surface area contributed by atoms with Crippen LogP contribution in [0, 0.1) is 11.3 Å². The first-order valence-corrected chi connectivity index (χ1v) is 5.46. The van der Waals surface area contributed by atoms with Crippen molar-refractivity contribution in [3.8, 4) is 6.07 Å². The van der Waals surface area contributed by atoms with Gasteiger partial charge < -0.3 is 0 Å². The molecule has 0 saturated carbocycles. The molecular formula is C10H17N5. The fraction of sp³-hybridized carbons (Fsp3) is 0.800. The van der Waals surface area contributed by atoms with Crippen LogP contribution >= 0.6 is 0 Å². The second-order valence-corrected chi connectivity index (χ2v) is 3.54. The van der Waals surface area contributed by atoms with E-state index in [1.807, 2.05) is 4.68 Å². The Morgan fingerprint density at radius 1 is 1.40 bits per heavy atom. The smallest absolute Gasteiger partial charge is 0.154 e. The van der Waals surface area contributed by atoms with E-state index in [1.54, 1.807) is 0 Å². The normalized spacial score (nSPS) is 10.5. The van der Waals surface area contributed by atoms with Gasteiger partial charge in [0.1, 0.15) is 0 Å². The lowest BCUT2D eigenvalue weighted by Crippen LogP contribution is -2.10. The molecule has 0 radical (unpaired) electrons. The van der Waals surface area contributed by atoms with E-state index < -0.39 is 0 Å². The van der Waals surface area contributed by atoms with Gasteiger partial charge in [0.05, 0.1) is 6.07 Å². The average molecular weight is 207 g/mol. The molecule has 5 nitrogen and oxygen atoms in total. The SMILES string of the molecule is CCC(CC)c1nnnn1CCCC#N. The van der Waals surface area contributed by atoms with Gasteiger partial charge in [0, 0.05) is 18.9 Å². The van der Waals surface area contributed by atoms with Crippen molar-refractivity contribution in [2.75, 3.05) is 0 Å². The summed E-state index contributed by atoms with van der Waals surface area (Å²) in [7, 11) is 0. The maximum atomic E-state index is 8.45. The van der Waals surface area contributed by atoms with Gasteiger partial charge >= 0.3 is 0 Å². The molecule has 0 aromatic carbocycles. The molecule has 0 amide bonds. The molecule has 0 spiro atoms. The molecule has 0 aliphatic heterocycles. The molecule has 0 aliphatic rings. The summed E-state index contributed by atoms with van der Waals surface area (Å²) in [6, 6.07) is 2.12. The fourth-order valence-electron chi connectivity index (χ4n) is 1.62. The predicted molar refractivity (Wildman–Crippen MR) is 56.0 cm³/mol. The van der Waals surface area contributed by atoms with Crippen molar-refractivity contribution < 1.29 is 0 Å². The van der Waals surface area contributed by atoms with Gasteiger partial charge in [-0.1, -0.05) is 13.8 Å². The minimum atomic E-state index is 0.432. The first-order valence-electron chi connectivity index (χ1n) is 5.46. The summed E-state index contributed by atoms with van der Waals surface area (Å²) in [5.74, 6) is 1.39. The van der Waals surface area contributed by atoms with Gasteiger partial charge in [-0.3, -0.25) is 0 Å². The average Bonchev–Trinajstić information content (AvgIpc) is 2.69. The molecule has 0 fully saturated rings. The third-order valence-electron chi connectivity index (χ3n) is 2.57. The monoisotopic (exact) mass is 207 g/mol. The standard InChI is InChI=1S/C10H17N5/c1-3-9(4-2)10-12-13-14-15(10)8-6-5-7-11/h9H,3-6,8H2,1-2H3. The van der Waals surface area contributed by atoms with Gasteiger partial charge in [0.2, 0.25) is 0 Å². The highest BCUT2D eigenvalue weighted by Gasteiger charge is 2.14. The quantitative estimate of drug-likeness (QED) is 0.668. The summed E-state index contributed by atoms with van der Waals surface area (Å²) in [4.78, 5) is 0. The Hall–Kier alpha value is -1.44. The number of hydrogen-bond donors (Lipinski definition) is 0. The molecule has 15 heavy (non-hydrogen) atoms. The lowest BCUT2D eigenvalue weighted by atomic mass is 10.0. The Kier molecular flexibility index (Phi) is 4.75. The highest BCUT2D eigenvalue weighted by Crippen LogP contribution is 2.19. The molecule has 1 rings (SSSR count). The van der Waals surface area contributed by atoms with E-state index in [4.69, 9.17) is 5.26 Å². The molecule has 82 valence electrons. The maximum Gasteiger partial charge on any atom is 0.154 e. The van der Waals surface area contributed by atoms with E-state index in [1.165, 1.54) is 0 Å².